The zero-order chi connectivity index (χ0) is 17.4. The number of nitrogens with one attached hydrogen (secondary N) is 1. The molecule has 0 saturated heterocycles. The zero-order valence-electron chi connectivity index (χ0n) is 13.6. The number of fused-ring (bicyclic) bond motifs is 1. The molecule has 2 aromatic rings. The summed E-state index contributed by atoms with van der Waals surface area (Å²) in [6, 6.07) is 13.9. The maximum atomic E-state index is 13.4. The van der Waals surface area contributed by atoms with Crippen LogP contribution in [-0.4, -0.2) is 27.2 Å². The highest BCUT2D eigenvalue weighted by atomic mass is 31.2. The van der Waals surface area contributed by atoms with Crippen LogP contribution in [0.3, 0.4) is 0 Å². The minimum Gasteiger partial charge on any atom is -0.497 e. The number of methoxy groups -OCH3 is 1. The van der Waals surface area contributed by atoms with Crippen molar-refractivity contribution in [2.24, 2.45) is 0 Å². The molecule has 1 aliphatic heterocycles. The maximum absolute atomic E-state index is 13.4. The van der Waals surface area contributed by atoms with Gasteiger partial charge in [0.25, 0.3) is 5.91 Å². The summed E-state index contributed by atoms with van der Waals surface area (Å²) in [5.41, 5.74) is 1.60. The number of carbonyl (C=O) groups is 1. The normalized spacial score (nSPS) is 19.7. The van der Waals surface area contributed by atoms with Gasteiger partial charge in [0.2, 0.25) is 0 Å². The SMILES string of the molecule is COc1ccc([C@]2(P(=O)(OC)OC)NC(=O)c3ccccc32)cc1. The molecule has 0 aromatic heterocycles. The van der Waals surface area contributed by atoms with E-state index in [2.05, 4.69) is 5.32 Å². The predicted molar refractivity (Wildman–Crippen MR) is 89.3 cm³/mol. The second-order valence-electron chi connectivity index (χ2n) is 5.30. The monoisotopic (exact) mass is 347 g/mol. The Hall–Kier alpha value is -2.14. The van der Waals surface area contributed by atoms with Crippen molar-refractivity contribution in [1.82, 2.24) is 5.32 Å². The lowest BCUT2D eigenvalue weighted by Gasteiger charge is -2.35. The molecule has 1 heterocycles. The first-order chi connectivity index (χ1) is 11.5. The van der Waals surface area contributed by atoms with Crippen LogP contribution in [0.25, 0.3) is 0 Å². The fourth-order valence-electron chi connectivity index (χ4n) is 3.08. The topological polar surface area (TPSA) is 73.9 Å². The maximum Gasteiger partial charge on any atom is 0.364 e. The van der Waals surface area contributed by atoms with Crippen molar-refractivity contribution in [2.75, 3.05) is 21.3 Å². The summed E-state index contributed by atoms with van der Waals surface area (Å²) in [7, 11) is 0.431. The van der Waals surface area contributed by atoms with E-state index in [1.54, 1.807) is 55.6 Å². The first-order valence-electron chi connectivity index (χ1n) is 7.30. The molecule has 1 amide bonds. The molecule has 6 nitrogen and oxygen atoms in total. The fourth-order valence-corrected chi connectivity index (χ4v) is 4.97. The third-order valence-corrected chi connectivity index (χ3v) is 6.65. The van der Waals surface area contributed by atoms with Gasteiger partial charge in [0, 0.05) is 25.3 Å². The zero-order valence-corrected chi connectivity index (χ0v) is 14.5. The van der Waals surface area contributed by atoms with Gasteiger partial charge in [-0.05, 0) is 23.8 Å². The summed E-state index contributed by atoms with van der Waals surface area (Å²) in [4.78, 5) is 12.5. The van der Waals surface area contributed by atoms with Crippen LogP contribution in [0.2, 0.25) is 0 Å². The average molecular weight is 347 g/mol. The lowest BCUT2D eigenvalue weighted by Crippen LogP contribution is -2.41. The van der Waals surface area contributed by atoms with Gasteiger partial charge < -0.3 is 19.1 Å². The van der Waals surface area contributed by atoms with Gasteiger partial charge in [-0.1, -0.05) is 30.3 Å². The molecule has 1 aliphatic rings. The molecule has 7 heteroatoms. The van der Waals surface area contributed by atoms with E-state index in [4.69, 9.17) is 13.8 Å². The van der Waals surface area contributed by atoms with Gasteiger partial charge >= 0.3 is 7.60 Å². The molecule has 0 spiro atoms. The van der Waals surface area contributed by atoms with E-state index in [9.17, 15) is 9.36 Å². The number of hydrogen-bond acceptors (Lipinski definition) is 5. The standard InChI is InChI=1S/C17H18NO5P/c1-21-13-10-8-12(9-11-13)17(24(20,22-2)23-3)15-7-5-4-6-14(15)16(19)18-17/h4-11H,1-3H3,(H,18,19)/t17-/m1/s1. The fraction of sp³-hybridized carbons (Fsp3) is 0.235. The number of rotatable bonds is 5. The first kappa shape index (κ1) is 16.7. The molecule has 126 valence electrons. The highest BCUT2D eigenvalue weighted by molar-refractivity contribution is 7.55. The van der Waals surface area contributed by atoms with Gasteiger partial charge in [-0.15, -0.1) is 0 Å². The molecule has 1 N–H and O–H groups in total. The van der Waals surface area contributed by atoms with Crippen molar-refractivity contribution >= 4 is 13.5 Å². The molecule has 0 unspecified atom stereocenters. The number of hydrogen-bond donors (Lipinski definition) is 1. The predicted octanol–water partition coefficient (Wildman–Crippen LogP) is 3.13. The Bertz CT molecular complexity index is 812. The molecule has 0 bridgehead atoms. The quantitative estimate of drug-likeness (QED) is 0.841. The third kappa shape index (κ3) is 2.18. The number of benzene rings is 2. The average Bonchev–Trinajstić information content (AvgIpc) is 2.95. The molecule has 0 radical (unpaired) electrons. The smallest absolute Gasteiger partial charge is 0.364 e. The molecule has 1 atom stereocenters. The minimum atomic E-state index is -3.75. The van der Waals surface area contributed by atoms with Gasteiger partial charge in [0.1, 0.15) is 5.75 Å². The second kappa shape index (κ2) is 6.06. The van der Waals surface area contributed by atoms with Gasteiger partial charge in [0.05, 0.1) is 7.11 Å². The van der Waals surface area contributed by atoms with Crippen LogP contribution < -0.4 is 10.1 Å². The Morgan fingerprint density at radius 1 is 0.958 bits per heavy atom. The van der Waals surface area contributed by atoms with Crippen molar-refractivity contribution in [1.29, 1.82) is 0 Å². The van der Waals surface area contributed by atoms with Crippen molar-refractivity contribution in [2.45, 2.75) is 5.28 Å². The highest BCUT2D eigenvalue weighted by Crippen LogP contribution is 2.67. The Morgan fingerprint density at radius 2 is 1.58 bits per heavy atom. The van der Waals surface area contributed by atoms with E-state index in [1.165, 1.54) is 14.2 Å². The van der Waals surface area contributed by atoms with Crippen molar-refractivity contribution in [3.8, 4) is 5.75 Å². The van der Waals surface area contributed by atoms with Crippen molar-refractivity contribution in [3.05, 3.63) is 65.2 Å². The van der Waals surface area contributed by atoms with E-state index >= 15 is 0 Å². The van der Waals surface area contributed by atoms with E-state index in [1.807, 2.05) is 0 Å². The van der Waals surface area contributed by atoms with Crippen LogP contribution in [0.4, 0.5) is 0 Å². The molecular weight excluding hydrogens is 329 g/mol. The van der Waals surface area contributed by atoms with Crippen LogP contribution in [0.5, 0.6) is 5.75 Å². The van der Waals surface area contributed by atoms with Crippen LogP contribution >= 0.6 is 7.60 Å². The lowest BCUT2D eigenvalue weighted by molar-refractivity contribution is 0.0946. The third-order valence-electron chi connectivity index (χ3n) is 4.26. The van der Waals surface area contributed by atoms with E-state index < -0.39 is 12.9 Å². The van der Waals surface area contributed by atoms with Gasteiger partial charge in [0.15, 0.2) is 5.28 Å². The van der Waals surface area contributed by atoms with Crippen LogP contribution in [0.1, 0.15) is 21.5 Å². The Kier molecular flexibility index (Phi) is 4.22. The molecule has 0 saturated carbocycles. The van der Waals surface area contributed by atoms with Gasteiger partial charge in [-0.3, -0.25) is 9.36 Å². The van der Waals surface area contributed by atoms with Gasteiger partial charge in [-0.25, -0.2) is 0 Å². The minimum absolute atomic E-state index is 0.323. The largest absolute Gasteiger partial charge is 0.497 e. The molecule has 0 aliphatic carbocycles. The number of ether oxygens (including phenoxy) is 1. The summed E-state index contributed by atoms with van der Waals surface area (Å²) in [5.74, 6) is 0.326. The summed E-state index contributed by atoms with van der Waals surface area (Å²) in [5, 5.41) is 1.43. The van der Waals surface area contributed by atoms with E-state index in [0.29, 0.717) is 22.4 Å². The van der Waals surface area contributed by atoms with Gasteiger partial charge in [-0.2, -0.15) is 0 Å². The first-order valence-corrected chi connectivity index (χ1v) is 8.85. The lowest BCUT2D eigenvalue weighted by atomic mass is 9.97. The molecule has 3 rings (SSSR count). The Balaban J connectivity index is 2.32. The second-order valence-corrected chi connectivity index (χ2v) is 7.70. The molecule has 0 fully saturated rings. The molecule has 2 aromatic carbocycles. The van der Waals surface area contributed by atoms with E-state index in [0.717, 1.165) is 0 Å². The van der Waals surface area contributed by atoms with E-state index in [-0.39, 0.29) is 5.91 Å². The van der Waals surface area contributed by atoms with Crippen molar-refractivity contribution < 1.29 is 23.1 Å². The summed E-state index contributed by atoms with van der Waals surface area (Å²) < 4.78 is 29.2. The van der Waals surface area contributed by atoms with Crippen LogP contribution in [0.15, 0.2) is 48.5 Å². The van der Waals surface area contributed by atoms with Crippen LogP contribution in [-0.2, 0) is 18.9 Å². The molecular formula is C17H18NO5P. The summed E-state index contributed by atoms with van der Waals surface area (Å²) >= 11 is 0. The van der Waals surface area contributed by atoms with Crippen LogP contribution in [0, 0.1) is 0 Å². The molecule has 24 heavy (non-hydrogen) atoms. The summed E-state index contributed by atoms with van der Waals surface area (Å²) in [6.45, 7) is 0. The highest BCUT2D eigenvalue weighted by Gasteiger charge is 2.58. The summed E-state index contributed by atoms with van der Waals surface area (Å²) in [6.07, 6.45) is 0. The van der Waals surface area contributed by atoms with Crippen molar-refractivity contribution in [3.63, 3.8) is 0 Å². The Morgan fingerprint density at radius 3 is 2.17 bits per heavy atom. The number of amides is 1. The Labute approximate surface area is 140 Å². The number of carbonyl (C=O) groups excluding carboxylic acids is 1.